The van der Waals surface area contributed by atoms with Crippen LogP contribution in [0.15, 0.2) is 0 Å². The van der Waals surface area contributed by atoms with Crippen molar-refractivity contribution in [1.29, 1.82) is 0 Å². The number of hydrogen-bond acceptors (Lipinski definition) is 5. The van der Waals surface area contributed by atoms with Crippen LogP contribution >= 0.6 is 0 Å². The highest BCUT2D eigenvalue weighted by Crippen LogP contribution is 2.19. The second-order valence-electron chi connectivity index (χ2n) is 6.60. The van der Waals surface area contributed by atoms with Crippen molar-refractivity contribution in [3.05, 3.63) is 11.6 Å². The SMILES string of the molecule is COCC1(C)CN(C(=O)NC2CCc3nc(C)nn3C2)CCO1. The van der Waals surface area contributed by atoms with Gasteiger partial charge in [0.05, 0.1) is 32.3 Å². The van der Waals surface area contributed by atoms with E-state index in [0.29, 0.717) is 32.8 Å². The van der Waals surface area contributed by atoms with E-state index in [0.717, 1.165) is 24.5 Å². The number of hydrogen-bond donors (Lipinski definition) is 1. The summed E-state index contributed by atoms with van der Waals surface area (Å²) in [5.74, 6) is 1.79. The summed E-state index contributed by atoms with van der Waals surface area (Å²) < 4.78 is 12.9. The quantitative estimate of drug-likeness (QED) is 0.868. The molecule has 0 radical (unpaired) electrons. The topological polar surface area (TPSA) is 81.5 Å². The molecule has 1 N–H and O–H groups in total. The molecule has 0 aromatic carbocycles. The van der Waals surface area contributed by atoms with Gasteiger partial charge in [0.1, 0.15) is 17.2 Å². The Labute approximate surface area is 136 Å². The number of nitrogens with zero attached hydrogens (tertiary/aromatic N) is 4. The average molecular weight is 323 g/mol. The summed E-state index contributed by atoms with van der Waals surface area (Å²) in [7, 11) is 1.65. The molecule has 2 amide bonds. The highest BCUT2D eigenvalue weighted by Gasteiger charge is 2.35. The minimum absolute atomic E-state index is 0.0408. The lowest BCUT2D eigenvalue weighted by molar-refractivity contribution is -0.118. The molecule has 23 heavy (non-hydrogen) atoms. The van der Waals surface area contributed by atoms with E-state index in [-0.39, 0.29) is 12.1 Å². The van der Waals surface area contributed by atoms with Crippen molar-refractivity contribution in [2.24, 2.45) is 0 Å². The molecule has 8 heteroatoms. The van der Waals surface area contributed by atoms with Crippen LogP contribution in [0.3, 0.4) is 0 Å². The van der Waals surface area contributed by atoms with Crippen molar-refractivity contribution < 1.29 is 14.3 Å². The van der Waals surface area contributed by atoms with Crippen LogP contribution in [0.2, 0.25) is 0 Å². The number of rotatable bonds is 3. The van der Waals surface area contributed by atoms with E-state index < -0.39 is 5.60 Å². The fraction of sp³-hybridized carbons (Fsp3) is 0.800. The third kappa shape index (κ3) is 3.64. The monoisotopic (exact) mass is 323 g/mol. The summed E-state index contributed by atoms with van der Waals surface area (Å²) >= 11 is 0. The molecule has 0 saturated carbocycles. The van der Waals surface area contributed by atoms with Gasteiger partial charge in [-0.3, -0.25) is 0 Å². The number of aromatic nitrogens is 3. The van der Waals surface area contributed by atoms with Crippen LogP contribution in [-0.4, -0.2) is 70.8 Å². The first-order valence-corrected chi connectivity index (χ1v) is 8.08. The van der Waals surface area contributed by atoms with Gasteiger partial charge in [-0.2, -0.15) is 5.10 Å². The van der Waals surface area contributed by atoms with Crippen LogP contribution in [-0.2, 0) is 22.4 Å². The fourth-order valence-electron chi connectivity index (χ4n) is 3.31. The van der Waals surface area contributed by atoms with Crippen LogP contribution < -0.4 is 5.32 Å². The third-order valence-corrected chi connectivity index (χ3v) is 4.37. The normalized spacial score (nSPS) is 27.6. The Morgan fingerprint density at radius 3 is 3.17 bits per heavy atom. The van der Waals surface area contributed by atoms with E-state index in [2.05, 4.69) is 15.4 Å². The Morgan fingerprint density at radius 2 is 2.39 bits per heavy atom. The fourth-order valence-corrected chi connectivity index (χ4v) is 3.31. The average Bonchev–Trinajstić information content (AvgIpc) is 2.86. The molecule has 0 aliphatic carbocycles. The molecule has 2 atom stereocenters. The van der Waals surface area contributed by atoms with Gasteiger partial charge in [-0.25, -0.2) is 14.5 Å². The van der Waals surface area contributed by atoms with Crippen molar-refractivity contribution >= 4 is 6.03 Å². The molecule has 2 aliphatic heterocycles. The molecule has 0 bridgehead atoms. The van der Waals surface area contributed by atoms with Gasteiger partial charge in [-0.1, -0.05) is 0 Å². The molecule has 128 valence electrons. The van der Waals surface area contributed by atoms with Crippen molar-refractivity contribution in [2.45, 2.75) is 44.9 Å². The predicted octanol–water partition coefficient (Wildman–Crippen LogP) is 0.348. The minimum atomic E-state index is -0.437. The van der Waals surface area contributed by atoms with Crippen LogP contribution in [0, 0.1) is 6.92 Å². The molecule has 1 saturated heterocycles. The first-order valence-electron chi connectivity index (χ1n) is 8.08. The molecule has 2 unspecified atom stereocenters. The summed E-state index contributed by atoms with van der Waals surface area (Å²) in [6, 6.07) is 0.0496. The van der Waals surface area contributed by atoms with Crippen LogP contribution in [0.4, 0.5) is 4.79 Å². The van der Waals surface area contributed by atoms with Crippen molar-refractivity contribution in [2.75, 3.05) is 33.4 Å². The number of methoxy groups -OCH3 is 1. The zero-order chi connectivity index (χ0) is 16.4. The number of carbonyl (C=O) groups excluding carboxylic acids is 1. The highest BCUT2D eigenvalue weighted by atomic mass is 16.5. The summed E-state index contributed by atoms with van der Waals surface area (Å²) in [4.78, 5) is 18.8. The molecular formula is C15H25N5O3. The van der Waals surface area contributed by atoms with E-state index in [9.17, 15) is 4.79 Å². The van der Waals surface area contributed by atoms with Crippen LogP contribution in [0.1, 0.15) is 25.0 Å². The van der Waals surface area contributed by atoms with E-state index in [4.69, 9.17) is 9.47 Å². The summed E-state index contributed by atoms with van der Waals surface area (Å²) in [5.41, 5.74) is -0.437. The van der Waals surface area contributed by atoms with Gasteiger partial charge in [-0.05, 0) is 20.3 Å². The Hall–Kier alpha value is -1.67. The number of nitrogens with one attached hydrogen (secondary N) is 1. The van der Waals surface area contributed by atoms with Crippen LogP contribution in [0.25, 0.3) is 0 Å². The third-order valence-electron chi connectivity index (χ3n) is 4.37. The number of urea groups is 1. The summed E-state index contributed by atoms with van der Waals surface area (Å²) in [6.45, 7) is 6.69. The molecule has 1 fully saturated rings. The largest absolute Gasteiger partial charge is 0.382 e. The number of fused-ring (bicyclic) bond motifs is 1. The van der Waals surface area contributed by atoms with Gasteiger partial charge < -0.3 is 19.7 Å². The molecule has 8 nitrogen and oxygen atoms in total. The van der Waals surface area contributed by atoms with Crippen molar-refractivity contribution in [3.63, 3.8) is 0 Å². The molecule has 1 aromatic rings. The lowest BCUT2D eigenvalue weighted by Gasteiger charge is -2.40. The zero-order valence-electron chi connectivity index (χ0n) is 14.0. The smallest absolute Gasteiger partial charge is 0.317 e. The molecule has 3 heterocycles. The van der Waals surface area contributed by atoms with Crippen LogP contribution in [0.5, 0.6) is 0 Å². The second kappa shape index (κ2) is 6.45. The van der Waals surface area contributed by atoms with Gasteiger partial charge in [-0.15, -0.1) is 0 Å². The lowest BCUT2D eigenvalue weighted by atomic mass is 10.1. The first-order chi connectivity index (χ1) is 11.0. The standard InChI is InChI=1S/C15H25N5O3/c1-11-16-13-5-4-12(8-20(13)18-11)17-14(21)19-6-7-23-15(2,9-19)10-22-3/h12H,4-10H2,1-3H3,(H,17,21). The predicted molar refractivity (Wildman–Crippen MR) is 83.2 cm³/mol. The lowest BCUT2D eigenvalue weighted by Crippen LogP contribution is -2.58. The van der Waals surface area contributed by atoms with Crippen molar-refractivity contribution in [3.8, 4) is 0 Å². The zero-order valence-corrected chi connectivity index (χ0v) is 14.0. The molecular weight excluding hydrogens is 298 g/mol. The maximum absolute atomic E-state index is 12.5. The molecule has 2 aliphatic rings. The number of morpholine rings is 1. The highest BCUT2D eigenvalue weighted by molar-refractivity contribution is 5.74. The first kappa shape index (κ1) is 16.2. The molecule has 3 rings (SSSR count). The number of ether oxygens (including phenoxy) is 2. The summed E-state index contributed by atoms with van der Waals surface area (Å²) in [5, 5.41) is 7.49. The number of aryl methyl sites for hydroxylation is 2. The van der Waals surface area contributed by atoms with Crippen molar-refractivity contribution in [1.82, 2.24) is 25.0 Å². The Bertz CT molecular complexity index is 571. The number of amides is 2. The van der Waals surface area contributed by atoms with Gasteiger partial charge in [0.25, 0.3) is 0 Å². The van der Waals surface area contributed by atoms with Gasteiger partial charge in [0, 0.05) is 20.1 Å². The minimum Gasteiger partial charge on any atom is -0.382 e. The van der Waals surface area contributed by atoms with Gasteiger partial charge in [0.2, 0.25) is 0 Å². The van der Waals surface area contributed by atoms with E-state index >= 15 is 0 Å². The second-order valence-corrected chi connectivity index (χ2v) is 6.60. The van der Waals surface area contributed by atoms with Gasteiger partial charge in [0.15, 0.2) is 0 Å². The Morgan fingerprint density at radius 1 is 1.57 bits per heavy atom. The van der Waals surface area contributed by atoms with Gasteiger partial charge >= 0.3 is 6.03 Å². The Kier molecular flexibility index (Phi) is 4.54. The molecule has 1 aromatic heterocycles. The molecule has 0 spiro atoms. The number of carbonyl (C=O) groups is 1. The maximum Gasteiger partial charge on any atom is 0.317 e. The maximum atomic E-state index is 12.5. The summed E-state index contributed by atoms with van der Waals surface area (Å²) in [6.07, 6.45) is 1.74. The van der Waals surface area contributed by atoms with E-state index in [1.807, 2.05) is 23.4 Å². The Balaban J connectivity index is 1.57. The van der Waals surface area contributed by atoms with E-state index in [1.165, 1.54) is 0 Å². The van der Waals surface area contributed by atoms with E-state index in [1.54, 1.807) is 7.11 Å².